The monoisotopic (exact) mass is 283 g/mol. The molecule has 0 radical (unpaired) electrons. The van der Waals surface area contributed by atoms with E-state index >= 15 is 0 Å². The number of hydrogen-bond donors (Lipinski definition) is 1. The fraction of sp³-hybridized carbons (Fsp3) is 0.526. The molecule has 1 unspecified atom stereocenters. The average Bonchev–Trinajstić information content (AvgIpc) is 2.54. The quantitative estimate of drug-likeness (QED) is 0.878. The zero-order valence-corrected chi connectivity index (χ0v) is 13.0. The Morgan fingerprint density at radius 2 is 1.90 bits per heavy atom. The Kier molecular flexibility index (Phi) is 4.25. The first-order chi connectivity index (χ1) is 10.2. The van der Waals surface area contributed by atoms with Crippen molar-refractivity contribution < 1.29 is 5.11 Å². The van der Waals surface area contributed by atoms with Crippen molar-refractivity contribution in [1.29, 1.82) is 0 Å². The molecule has 0 amide bonds. The fourth-order valence-corrected chi connectivity index (χ4v) is 3.68. The number of para-hydroxylation sites is 1. The number of aliphatic hydroxyl groups excluding tert-OH is 1. The topological polar surface area (TPSA) is 33.1 Å². The molecule has 0 spiro atoms. The van der Waals surface area contributed by atoms with Crippen LogP contribution in [0.15, 0.2) is 30.3 Å². The van der Waals surface area contributed by atoms with Crippen molar-refractivity contribution in [2.75, 3.05) is 0 Å². The number of pyridine rings is 1. The van der Waals surface area contributed by atoms with Gasteiger partial charge in [-0.1, -0.05) is 44.4 Å². The molecule has 1 aromatic carbocycles. The van der Waals surface area contributed by atoms with E-state index in [4.69, 9.17) is 4.98 Å². The zero-order valence-electron chi connectivity index (χ0n) is 13.0. The highest BCUT2D eigenvalue weighted by atomic mass is 16.3. The molecule has 2 nitrogen and oxygen atoms in total. The van der Waals surface area contributed by atoms with Crippen LogP contribution in [0.4, 0.5) is 0 Å². The molecular formula is C19H25NO. The number of aryl methyl sites for hydroxylation is 1. The third kappa shape index (κ3) is 2.96. The largest absolute Gasteiger partial charge is 0.387 e. The van der Waals surface area contributed by atoms with Gasteiger partial charge in [0, 0.05) is 5.39 Å². The molecule has 1 aromatic heterocycles. The number of benzene rings is 1. The Morgan fingerprint density at radius 3 is 2.62 bits per heavy atom. The smallest absolute Gasteiger partial charge is 0.0988 e. The summed E-state index contributed by atoms with van der Waals surface area (Å²) in [5.74, 6) is 1.24. The first-order valence-electron chi connectivity index (χ1n) is 8.23. The van der Waals surface area contributed by atoms with Crippen molar-refractivity contribution in [3.05, 3.63) is 41.6 Å². The summed E-state index contributed by atoms with van der Waals surface area (Å²) in [5, 5.41) is 11.9. The first kappa shape index (κ1) is 14.5. The van der Waals surface area contributed by atoms with Crippen LogP contribution >= 0.6 is 0 Å². The van der Waals surface area contributed by atoms with Gasteiger partial charge in [-0.3, -0.25) is 4.98 Å². The minimum Gasteiger partial charge on any atom is -0.387 e. The summed E-state index contributed by atoms with van der Waals surface area (Å²) in [5.41, 5.74) is 3.05. The molecule has 1 aliphatic rings. The van der Waals surface area contributed by atoms with E-state index in [1.54, 1.807) is 0 Å². The van der Waals surface area contributed by atoms with Crippen molar-refractivity contribution >= 4 is 10.9 Å². The molecule has 1 fully saturated rings. The van der Waals surface area contributed by atoms with E-state index in [9.17, 15) is 5.11 Å². The normalized spacial score (nSPS) is 24.1. The minimum absolute atomic E-state index is 0.376. The lowest BCUT2D eigenvalue weighted by atomic mass is 9.77. The average molecular weight is 283 g/mol. The van der Waals surface area contributed by atoms with Crippen LogP contribution < -0.4 is 0 Å². The summed E-state index contributed by atoms with van der Waals surface area (Å²) >= 11 is 0. The Hall–Kier alpha value is -1.41. The summed E-state index contributed by atoms with van der Waals surface area (Å²) in [6.45, 7) is 4.38. The van der Waals surface area contributed by atoms with Crippen LogP contribution in [0.3, 0.4) is 0 Å². The molecule has 1 saturated carbocycles. The molecule has 2 heteroatoms. The van der Waals surface area contributed by atoms with Gasteiger partial charge in [0.2, 0.25) is 0 Å². The third-order valence-corrected chi connectivity index (χ3v) is 5.16. The van der Waals surface area contributed by atoms with Crippen molar-refractivity contribution in [2.24, 2.45) is 11.8 Å². The zero-order chi connectivity index (χ0) is 14.8. The van der Waals surface area contributed by atoms with Crippen LogP contribution in [0.25, 0.3) is 10.9 Å². The lowest BCUT2D eigenvalue weighted by molar-refractivity contribution is 0.0698. The molecule has 1 heterocycles. The fourth-order valence-electron chi connectivity index (χ4n) is 3.68. The predicted octanol–water partition coefficient (Wildman–Crippen LogP) is 4.79. The molecule has 3 rings (SSSR count). The standard InChI is InChI=1S/C19H25NO/c1-3-14-8-10-15(11-9-14)19(21)18-12-13(2)16-6-4-5-7-17(16)20-18/h4-7,12,14-15,19,21H,3,8-11H2,1-2H3. The van der Waals surface area contributed by atoms with Gasteiger partial charge >= 0.3 is 0 Å². The molecular weight excluding hydrogens is 258 g/mol. The highest BCUT2D eigenvalue weighted by Crippen LogP contribution is 2.38. The van der Waals surface area contributed by atoms with Crippen LogP contribution in [0, 0.1) is 18.8 Å². The number of nitrogens with zero attached hydrogens (tertiary/aromatic N) is 1. The number of fused-ring (bicyclic) bond motifs is 1. The third-order valence-electron chi connectivity index (χ3n) is 5.16. The first-order valence-corrected chi connectivity index (χ1v) is 8.23. The maximum Gasteiger partial charge on any atom is 0.0988 e. The van der Waals surface area contributed by atoms with E-state index in [0.29, 0.717) is 5.92 Å². The molecule has 2 aromatic rings. The van der Waals surface area contributed by atoms with Crippen molar-refractivity contribution in [1.82, 2.24) is 4.98 Å². The molecule has 1 aliphatic carbocycles. The van der Waals surface area contributed by atoms with Crippen LogP contribution in [0.2, 0.25) is 0 Å². The lowest BCUT2D eigenvalue weighted by Gasteiger charge is -2.31. The van der Waals surface area contributed by atoms with E-state index in [1.807, 2.05) is 18.2 Å². The van der Waals surface area contributed by atoms with Crippen LogP contribution in [-0.2, 0) is 0 Å². The summed E-state index contributed by atoms with van der Waals surface area (Å²) in [6, 6.07) is 10.3. The summed E-state index contributed by atoms with van der Waals surface area (Å²) < 4.78 is 0. The molecule has 1 N–H and O–H groups in total. The van der Waals surface area contributed by atoms with E-state index in [1.165, 1.54) is 30.2 Å². The van der Waals surface area contributed by atoms with Crippen molar-refractivity contribution in [3.63, 3.8) is 0 Å². The predicted molar refractivity (Wildman–Crippen MR) is 87.2 cm³/mol. The molecule has 0 bridgehead atoms. The van der Waals surface area contributed by atoms with Gasteiger partial charge in [-0.2, -0.15) is 0 Å². The summed E-state index contributed by atoms with van der Waals surface area (Å²) in [6.07, 6.45) is 5.64. The molecule has 1 atom stereocenters. The Morgan fingerprint density at radius 1 is 1.19 bits per heavy atom. The maximum absolute atomic E-state index is 10.7. The molecule has 112 valence electrons. The van der Waals surface area contributed by atoms with Gasteiger partial charge in [0.05, 0.1) is 17.3 Å². The highest BCUT2D eigenvalue weighted by molar-refractivity contribution is 5.82. The number of rotatable bonds is 3. The van der Waals surface area contributed by atoms with E-state index in [2.05, 4.69) is 26.0 Å². The van der Waals surface area contributed by atoms with Gasteiger partial charge in [-0.25, -0.2) is 0 Å². The Labute approximate surface area is 127 Å². The van der Waals surface area contributed by atoms with Gasteiger partial charge in [0.1, 0.15) is 0 Å². The van der Waals surface area contributed by atoms with Gasteiger partial charge in [0.25, 0.3) is 0 Å². The summed E-state index contributed by atoms with van der Waals surface area (Å²) in [7, 11) is 0. The minimum atomic E-state index is -0.411. The van der Waals surface area contributed by atoms with Crippen LogP contribution in [-0.4, -0.2) is 10.1 Å². The number of hydrogen-bond acceptors (Lipinski definition) is 2. The molecule has 21 heavy (non-hydrogen) atoms. The van der Waals surface area contributed by atoms with Crippen molar-refractivity contribution in [3.8, 4) is 0 Å². The molecule has 0 saturated heterocycles. The Balaban J connectivity index is 1.83. The van der Waals surface area contributed by atoms with Crippen LogP contribution in [0.1, 0.15) is 56.4 Å². The Bertz CT molecular complexity index is 614. The maximum atomic E-state index is 10.7. The second-order valence-electron chi connectivity index (χ2n) is 6.52. The number of aromatic nitrogens is 1. The molecule has 0 aliphatic heterocycles. The lowest BCUT2D eigenvalue weighted by Crippen LogP contribution is -2.21. The number of aliphatic hydroxyl groups is 1. The van der Waals surface area contributed by atoms with E-state index in [0.717, 1.165) is 30.0 Å². The highest BCUT2D eigenvalue weighted by Gasteiger charge is 2.27. The summed E-state index contributed by atoms with van der Waals surface area (Å²) in [4.78, 5) is 4.70. The van der Waals surface area contributed by atoms with E-state index in [-0.39, 0.29) is 0 Å². The van der Waals surface area contributed by atoms with Gasteiger partial charge in [0.15, 0.2) is 0 Å². The second-order valence-corrected chi connectivity index (χ2v) is 6.52. The van der Waals surface area contributed by atoms with E-state index < -0.39 is 6.10 Å². The van der Waals surface area contributed by atoms with Gasteiger partial charge < -0.3 is 5.11 Å². The van der Waals surface area contributed by atoms with Crippen LogP contribution in [0.5, 0.6) is 0 Å². The SMILES string of the molecule is CCC1CCC(C(O)c2cc(C)c3ccccc3n2)CC1. The van der Waals surface area contributed by atoms with Crippen molar-refractivity contribution in [2.45, 2.75) is 52.1 Å². The second kappa shape index (κ2) is 6.15. The van der Waals surface area contributed by atoms with Gasteiger partial charge in [-0.05, 0) is 49.3 Å². The van der Waals surface area contributed by atoms with Gasteiger partial charge in [-0.15, -0.1) is 0 Å².